The van der Waals surface area contributed by atoms with Gasteiger partial charge in [0, 0.05) is 11.1 Å². The molecule has 0 atom stereocenters. The van der Waals surface area contributed by atoms with Gasteiger partial charge in [-0.1, -0.05) is 35.5 Å². The maximum absolute atomic E-state index is 12.6. The average Bonchev–Trinajstić information content (AvgIpc) is 3.09. The number of phenols is 1. The molecule has 28 heavy (non-hydrogen) atoms. The van der Waals surface area contributed by atoms with Crippen LogP contribution < -0.4 is 16.2 Å². The Labute approximate surface area is 165 Å². The van der Waals surface area contributed by atoms with Crippen LogP contribution >= 0.6 is 12.2 Å². The summed E-state index contributed by atoms with van der Waals surface area (Å²) < 4.78 is 5.15. The van der Waals surface area contributed by atoms with Crippen LogP contribution in [-0.4, -0.2) is 27.2 Å². The van der Waals surface area contributed by atoms with E-state index in [0.29, 0.717) is 17.0 Å². The number of thiocarbonyl (C=S) groups is 1. The van der Waals surface area contributed by atoms with Crippen molar-refractivity contribution in [3.05, 3.63) is 71.5 Å². The van der Waals surface area contributed by atoms with Gasteiger partial charge < -0.3 is 9.63 Å². The van der Waals surface area contributed by atoms with Gasteiger partial charge in [-0.25, -0.2) is 0 Å². The predicted molar refractivity (Wildman–Crippen MR) is 105 cm³/mol. The second-order valence-corrected chi connectivity index (χ2v) is 6.15. The van der Waals surface area contributed by atoms with E-state index >= 15 is 0 Å². The summed E-state index contributed by atoms with van der Waals surface area (Å²) in [5.74, 6) is -0.616. The lowest BCUT2D eigenvalue weighted by Gasteiger charge is -2.11. The van der Waals surface area contributed by atoms with E-state index in [1.807, 2.05) is 30.3 Å². The standard InChI is InChI=1S/C19H16N4O4S/c1-11-15(16(23-27-11)12-5-3-2-4-6-12)18(26)20-19(28)22-21-17(25)13-7-9-14(24)10-8-13/h2-10,24H,1H3,(H,21,25)(H2,20,22,26,28). The molecule has 3 rings (SSSR count). The minimum Gasteiger partial charge on any atom is -0.508 e. The van der Waals surface area contributed by atoms with Gasteiger partial charge in [-0.3, -0.25) is 25.8 Å². The van der Waals surface area contributed by atoms with E-state index in [9.17, 15) is 14.7 Å². The van der Waals surface area contributed by atoms with Crippen molar-refractivity contribution in [1.29, 1.82) is 0 Å². The molecule has 0 spiro atoms. The lowest BCUT2D eigenvalue weighted by Crippen LogP contribution is -2.48. The first-order chi connectivity index (χ1) is 13.5. The van der Waals surface area contributed by atoms with Crippen molar-refractivity contribution >= 4 is 29.1 Å². The molecule has 3 aromatic rings. The van der Waals surface area contributed by atoms with E-state index in [1.165, 1.54) is 24.3 Å². The number of aromatic nitrogens is 1. The second kappa shape index (κ2) is 8.31. The molecule has 0 saturated heterocycles. The minimum atomic E-state index is -0.519. The molecule has 0 radical (unpaired) electrons. The quantitative estimate of drug-likeness (QED) is 0.396. The molecule has 2 amide bonds. The van der Waals surface area contributed by atoms with Crippen LogP contribution in [0.2, 0.25) is 0 Å². The van der Waals surface area contributed by atoms with Crippen molar-refractivity contribution in [1.82, 2.24) is 21.3 Å². The van der Waals surface area contributed by atoms with E-state index in [2.05, 4.69) is 21.3 Å². The third kappa shape index (κ3) is 4.33. The Morgan fingerprint density at radius 3 is 2.36 bits per heavy atom. The number of aromatic hydroxyl groups is 1. The summed E-state index contributed by atoms with van der Waals surface area (Å²) in [5, 5.41) is 15.6. The summed E-state index contributed by atoms with van der Waals surface area (Å²) in [5.41, 5.74) is 6.49. The van der Waals surface area contributed by atoms with E-state index in [0.717, 1.165) is 5.56 Å². The van der Waals surface area contributed by atoms with Gasteiger partial charge in [0.1, 0.15) is 22.8 Å². The Kier molecular flexibility index (Phi) is 5.66. The van der Waals surface area contributed by atoms with E-state index in [1.54, 1.807) is 6.92 Å². The van der Waals surface area contributed by atoms with Crippen LogP contribution in [0.4, 0.5) is 0 Å². The Morgan fingerprint density at radius 2 is 1.68 bits per heavy atom. The zero-order chi connectivity index (χ0) is 20.1. The molecule has 9 heteroatoms. The van der Waals surface area contributed by atoms with Crippen molar-refractivity contribution in [3.8, 4) is 17.0 Å². The number of hydrazine groups is 1. The van der Waals surface area contributed by atoms with Gasteiger partial charge in [-0.15, -0.1) is 0 Å². The normalized spacial score (nSPS) is 10.2. The molecule has 0 fully saturated rings. The number of aryl methyl sites for hydroxylation is 1. The molecular formula is C19H16N4O4S. The van der Waals surface area contributed by atoms with Crippen LogP contribution in [0.5, 0.6) is 5.75 Å². The van der Waals surface area contributed by atoms with Gasteiger partial charge >= 0.3 is 0 Å². The molecule has 0 bridgehead atoms. The highest BCUT2D eigenvalue weighted by molar-refractivity contribution is 7.80. The van der Waals surface area contributed by atoms with Crippen LogP contribution in [0.3, 0.4) is 0 Å². The first-order valence-corrected chi connectivity index (χ1v) is 8.59. The number of rotatable bonds is 3. The number of nitrogens with zero attached hydrogens (tertiary/aromatic N) is 1. The van der Waals surface area contributed by atoms with Crippen molar-refractivity contribution in [3.63, 3.8) is 0 Å². The zero-order valence-corrected chi connectivity index (χ0v) is 15.5. The Balaban J connectivity index is 1.64. The van der Waals surface area contributed by atoms with E-state index in [4.69, 9.17) is 16.7 Å². The molecule has 4 N–H and O–H groups in total. The van der Waals surface area contributed by atoms with Gasteiger partial charge in [0.25, 0.3) is 11.8 Å². The minimum absolute atomic E-state index is 0.0469. The van der Waals surface area contributed by atoms with Gasteiger partial charge in [0.05, 0.1) is 0 Å². The van der Waals surface area contributed by atoms with Crippen LogP contribution in [0.1, 0.15) is 26.5 Å². The zero-order valence-electron chi connectivity index (χ0n) is 14.7. The lowest BCUT2D eigenvalue weighted by atomic mass is 10.1. The van der Waals surface area contributed by atoms with Crippen LogP contribution in [0.25, 0.3) is 11.3 Å². The fraction of sp³-hybridized carbons (Fsp3) is 0.0526. The summed E-state index contributed by atoms with van der Waals surface area (Å²) >= 11 is 5.05. The SMILES string of the molecule is Cc1onc(-c2ccccc2)c1C(=O)NC(=S)NNC(=O)c1ccc(O)cc1. The van der Waals surface area contributed by atoms with Crippen molar-refractivity contribution in [2.24, 2.45) is 0 Å². The number of benzene rings is 2. The molecular weight excluding hydrogens is 380 g/mol. The van der Waals surface area contributed by atoms with Crippen LogP contribution in [0.15, 0.2) is 59.1 Å². The summed E-state index contributed by atoms with van der Waals surface area (Å²) in [7, 11) is 0. The van der Waals surface area contributed by atoms with Gasteiger partial charge in [0.15, 0.2) is 5.11 Å². The average molecular weight is 396 g/mol. The number of carbonyl (C=O) groups excluding carboxylic acids is 2. The molecule has 8 nitrogen and oxygen atoms in total. The fourth-order valence-corrected chi connectivity index (χ4v) is 2.57. The molecule has 0 aliphatic carbocycles. The first-order valence-electron chi connectivity index (χ1n) is 8.18. The van der Waals surface area contributed by atoms with Crippen LogP contribution in [0, 0.1) is 6.92 Å². The molecule has 0 aliphatic heterocycles. The Morgan fingerprint density at radius 1 is 1.00 bits per heavy atom. The van der Waals surface area contributed by atoms with Crippen LogP contribution in [-0.2, 0) is 0 Å². The smallest absolute Gasteiger partial charge is 0.269 e. The highest BCUT2D eigenvalue weighted by Crippen LogP contribution is 2.24. The second-order valence-electron chi connectivity index (χ2n) is 5.74. The molecule has 1 aromatic heterocycles. The third-order valence-electron chi connectivity index (χ3n) is 3.78. The van der Waals surface area contributed by atoms with Crippen molar-refractivity contribution < 1.29 is 19.2 Å². The number of hydrogen-bond acceptors (Lipinski definition) is 6. The van der Waals surface area contributed by atoms with Gasteiger partial charge in [-0.05, 0) is 43.4 Å². The number of amides is 2. The summed E-state index contributed by atoms with van der Waals surface area (Å²) in [4.78, 5) is 24.6. The topological polar surface area (TPSA) is 116 Å². The summed E-state index contributed by atoms with van der Waals surface area (Å²) in [6.45, 7) is 1.62. The maximum atomic E-state index is 12.6. The fourth-order valence-electron chi connectivity index (χ4n) is 2.43. The highest BCUT2D eigenvalue weighted by Gasteiger charge is 2.22. The summed E-state index contributed by atoms with van der Waals surface area (Å²) in [6, 6.07) is 14.8. The number of carbonyl (C=O) groups is 2. The van der Waals surface area contributed by atoms with E-state index < -0.39 is 11.8 Å². The largest absolute Gasteiger partial charge is 0.508 e. The number of hydrogen-bond donors (Lipinski definition) is 4. The molecule has 2 aromatic carbocycles. The first kappa shape index (κ1) is 19.1. The number of nitrogens with one attached hydrogen (secondary N) is 3. The molecule has 0 aliphatic rings. The molecule has 142 valence electrons. The summed E-state index contributed by atoms with van der Waals surface area (Å²) in [6.07, 6.45) is 0. The van der Waals surface area contributed by atoms with Gasteiger partial charge in [0.2, 0.25) is 0 Å². The lowest BCUT2D eigenvalue weighted by molar-refractivity contribution is 0.0934. The Hall–Kier alpha value is -3.72. The van der Waals surface area contributed by atoms with Crippen molar-refractivity contribution in [2.75, 3.05) is 0 Å². The monoisotopic (exact) mass is 396 g/mol. The highest BCUT2D eigenvalue weighted by atomic mass is 32.1. The molecule has 0 saturated carbocycles. The number of phenolic OH excluding ortho intramolecular Hbond substituents is 1. The molecule has 1 heterocycles. The molecule has 0 unspecified atom stereocenters. The van der Waals surface area contributed by atoms with Crippen molar-refractivity contribution in [2.45, 2.75) is 6.92 Å². The predicted octanol–water partition coefficient (Wildman–Crippen LogP) is 2.30. The maximum Gasteiger partial charge on any atom is 0.269 e. The third-order valence-corrected chi connectivity index (χ3v) is 3.99. The Bertz CT molecular complexity index is 1020. The van der Waals surface area contributed by atoms with E-state index in [-0.39, 0.29) is 16.4 Å². The van der Waals surface area contributed by atoms with Gasteiger partial charge in [-0.2, -0.15) is 0 Å².